The molecule has 1 aliphatic rings. The minimum atomic E-state index is -0.360. The highest BCUT2D eigenvalue weighted by Crippen LogP contribution is 2.32. The average molecular weight is 313 g/mol. The monoisotopic (exact) mass is 313 g/mol. The fourth-order valence-electron chi connectivity index (χ4n) is 1.90. The van der Waals surface area contributed by atoms with E-state index in [4.69, 9.17) is 0 Å². The van der Waals surface area contributed by atoms with Gasteiger partial charge >= 0.3 is 0 Å². The summed E-state index contributed by atoms with van der Waals surface area (Å²) >= 11 is 1.21. The number of rotatable bonds is 2. The first-order chi connectivity index (χ1) is 10.6. The Balaban J connectivity index is 1.92. The van der Waals surface area contributed by atoms with Gasteiger partial charge in [-0.2, -0.15) is 0 Å². The number of aliphatic imine (C=N–C) groups is 1. The number of hydrogen-bond acceptors (Lipinski definition) is 4. The van der Waals surface area contributed by atoms with E-state index < -0.39 is 0 Å². The van der Waals surface area contributed by atoms with Gasteiger partial charge in [-0.1, -0.05) is 24.3 Å². The summed E-state index contributed by atoms with van der Waals surface area (Å²) in [5.74, 6) is -0.0408. The fourth-order valence-corrected chi connectivity index (χ4v) is 2.87. The molecule has 1 aliphatic heterocycles. The molecule has 1 saturated heterocycles. The Morgan fingerprint density at radius 2 is 2.00 bits per heavy atom. The zero-order valence-electron chi connectivity index (χ0n) is 11.7. The van der Waals surface area contributed by atoms with E-state index >= 15 is 0 Å². The Morgan fingerprint density at radius 1 is 1.23 bits per heavy atom. The normalized spacial score (nSPS) is 18.5. The number of carbonyl (C=O) groups excluding carboxylic acids is 1. The van der Waals surface area contributed by atoms with E-state index in [-0.39, 0.29) is 11.7 Å². The van der Waals surface area contributed by atoms with Gasteiger partial charge in [0.1, 0.15) is 5.82 Å². The predicted octanol–water partition coefficient (Wildman–Crippen LogP) is 3.45. The molecule has 0 unspecified atom stereocenters. The molecule has 6 heteroatoms. The smallest absolute Gasteiger partial charge is 0.266 e. The molecule has 0 spiro atoms. The van der Waals surface area contributed by atoms with E-state index in [2.05, 4.69) is 9.98 Å². The minimum absolute atomic E-state index is 0.206. The van der Waals surface area contributed by atoms with Crippen molar-refractivity contribution in [2.75, 3.05) is 7.05 Å². The standard InChI is InChI=1S/C16H12FN3OS/c1-20-15(21)13(10-11-6-2-3-7-12(11)17)22-16(20)19-14-8-4-5-9-18-14/h2-10H,1H3/b13-10-,19-16+. The molecule has 1 aromatic heterocycles. The van der Waals surface area contributed by atoms with E-state index in [1.54, 1.807) is 49.7 Å². The summed E-state index contributed by atoms with van der Waals surface area (Å²) in [6.45, 7) is 0. The molecule has 110 valence electrons. The van der Waals surface area contributed by atoms with Gasteiger partial charge in [-0.05, 0) is 36.0 Å². The van der Waals surface area contributed by atoms with Crippen molar-refractivity contribution in [3.63, 3.8) is 0 Å². The summed E-state index contributed by atoms with van der Waals surface area (Å²) in [6, 6.07) is 11.7. The maximum atomic E-state index is 13.7. The molecular weight excluding hydrogens is 301 g/mol. The first kappa shape index (κ1) is 14.5. The predicted molar refractivity (Wildman–Crippen MR) is 86.1 cm³/mol. The highest BCUT2D eigenvalue weighted by Gasteiger charge is 2.30. The van der Waals surface area contributed by atoms with Gasteiger partial charge in [0.25, 0.3) is 5.91 Å². The highest BCUT2D eigenvalue weighted by atomic mass is 32.2. The van der Waals surface area contributed by atoms with Gasteiger partial charge in [0.2, 0.25) is 0 Å². The van der Waals surface area contributed by atoms with Gasteiger partial charge in [0.05, 0.1) is 4.91 Å². The van der Waals surface area contributed by atoms with E-state index in [9.17, 15) is 9.18 Å². The molecule has 22 heavy (non-hydrogen) atoms. The molecule has 0 N–H and O–H groups in total. The van der Waals surface area contributed by atoms with Gasteiger partial charge in [-0.25, -0.2) is 14.4 Å². The molecule has 0 bridgehead atoms. The summed E-state index contributed by atoms with van der Waals surface area (Å²) in [5, 5.41) is 0.520. The van der Waals surface area contributed by atoms with E-state index in [1.165, 1.54) is 22.7 Å². The van der Waals surface area contributed by atoms with Gasteiger partial charge in [-0.3, -0.25) is 9.69 Å². The number of carbonyl (C=O) groups is 1. The van der Waals surface area contributed by atoms with Gasteiger partial charge in [-0.15, -0.1) is 0 Å². The van der Waals surface area contributed by atoms with E-state index in [1.807, 2.05) is 6.07 Å². The molecule has 4 nitrogen and oxygen atoms in total. The van der Waals surface area contributed by atoms with Crippen LogP contribution in [0.5, 0.6) is 0 Å². The van der Waals surface area contributed by atoms with Gasteiger partial charge in [0.15, 0.2) is 11.0 Å². The molecule has 0 radical (unpaired) electrons. The number of pyridine rings is 1. The van der Waals surface area contributed by atoms with Gasteiger partial charge in [0, 0.05) is 18.8 Å². The largest absolute Gasteiger partial charge is 0.289 e. The van der Waals surface area contributed by atoms with Crippen LogP contribution in [0.25, 0.3) is 6.08 Å². The number of benzene rings is 1. The lowest BCUT2D eigenvalue weighted by molar-refractivity contribution is -0.121. The number of likely N-dealkylation sites (N-methyl/N-ethyl adjacent to an activating group) is 1. The maximum Gasteiger partial charge on any atom is 0.266 e. The lowest BCUT2D eigenvalue weighted by atomic mass is 10.2. The highest BCUT2D eigenvalue weighted by molar-refractivity contribution is 8.18. The quantitative estimate of drug-likeness (QED) is 0.798. The zero-order valence-corrected chi connectivity index (χ0v) is 12.5. The molecule has 2 heterocycles. The Hall–Kier alpha value is -2.47. The second kappa shape index (κ2) is 6.11. The van der Waals surface area contributed by atoms with Crippen LogP contribution in [0, 0.1) is 5.82 Å². The average Bonchev–Trinajstić information content (AvgIpc) is 2.79. The third kappa shape index (κ3) is 2.92. The molecular formula is C16H12FN3OS. The molecule has 1 fully saturated rings. The first-order valence-electron chi connectivity index (χ1n) is 6.57. The Labute approximate surface area is 131 Å². The van der Waals surface area contributed by atoms with Crippen LogP contribution in [0.15, 0.2) is 58.6 Å². The summed E-state index contributed by atoms with van der Waals surface area (Å²) in [5.41, 5.74) is 0.380. The molecule has 1 amide bonds. The van der Waals surface area contributed by atoms with Crippen molar-refractivity contribution in [2.24, 2.45) is 4.99 Å². The zero-order chi connectivity index (χ0) is 15.5. The summed E-state index contributed by atoms with van der Waals surface area (Å²) in [6.07, 6.45) is 3.18. The summed E-state index contributed by atoms with van der Waals surface area (Å²) in [4.78, 5) is 22.6. The number of amides is 1. The molecule has 0 aliphatic carbocycles. The van der Waals surface area contributed by atoms with Crippen molar-refractivity contribution in [2.45, 2.75) is 0 Å². The van der Waals surface area contributed by atoms with Crippen LogP contribution in [-0.4, -0.2) is 28.0 Å². The van der Waals surface area contributed by atoms with Crippen molar-refractivity contribution in [3.8, 4) is 0 Å². The third-order valence-electron chi connectivity index (χ3n) is 3.05. The molecule has 3 rings (SSSR count). The lowest BCUT2D eigenvalue weighted by Gasteiger charge is -2.06. The van der Waals surface area contributed by atoms with E-state index in [0.29, 0.717) is 21.5 Å². The second-order valence-electron chi connectivity index (χ2n) is 4.58. The van der Waals surface area contributed by atoms with Crippen molar-refractivity contribution in [3.05, 3.63) is 64.9 Å². The number of aromatic nitrogens is 1. The topological polar surface area (TPSA) is 45.6 Å². The number of halogens is 1. The van der Waals surface area contributed by atoms with Crippen LogP contribution in [0.1, 0.15) is 5.56 Å². The molecule has 0 atom stereocenters. The second-order valence-corrected chi connectivity index (χ2v) is 5.59. The molecule has 2 aromatic rings. The summed E-state index contributed by atoms with van der Waals surface area (Å²) < 4.78 is 13.7. The summed E-state index contributed by atoms with van der Waals surface area (Å²) in [7, 11) is 1.64. The number of amidine groups is 1. The number of nitrogens with zero attached hydrogens (tertiary/aromatic N) is 3. The fraction of sp³-hybridized carbons (Fsp3) is 0.0625. The van der Waals surface area contributed by atoms with Crippen LogP contribution in [0.3, 0.4) is 0 Å². The molecule has 0 saturated carbocycles. The Bertz CT molecular complexity index is 774. The first-order valence-corrected chi connectivity index (χ1v) is 7.38. The number of hydrogen-bond donors (Lipinski definition) is 0. The van der Waals surface area contributed by atoms with Crippen LogP contribution in [0.2, 0.25) is 0 Å². The Kier molecular flexibility index (Phi) is 4.02. The van der Waals surface area contributed by atoms with Crippen LogP contribution in [0.4, 0.5) is 10.2 Å². The maximum absolute atomic E-state index is 13.7. The van der Waals surface area contributed by atoms with Crippen molar-refractivity contribution < 1.29 is 9.18 Å². The van der Waals surface area contributed by atoms with Crippen molar-refractivity contribution in [1.29, 1.82) is 0 Å². The van der Waals surface area contributed by atoms with Crippen molar-refractivity contribution >= 4 is 34.7 Å². The SMILES string of the molecule is CN1C(=O)/C(=C/c2ccccc2F)S/C1=N/c1ccccn1. The van der Waals surface area contributed by atoms with Crippen molar-refractivity contribution in [1.82, 2.24) is 9.88 Å². The third-order valence-corrected chi connectivity index (χ3v) is 4.11. The Morgan fingerprint density at radius 3 is 2.73 bits per heavy atom. The van der Waals surface area contributed by atoms with Crippen LogP contribution in [-0.2, 0) is 4.79 Å². The lowest BCUT2D eigenvalue weighted by Crippen LogP contribution is -2.23. The van der Waals surface area contributed by atoms with E-state index in [0.717, 1.165) is 0 Å². The van der Waals surface area contributed by atoms with Gasteiger partial charge < -0.3 is 0 Å². The number of thioether (sulfide) groups is 1. The van der Waals surface area contributed by atoms with Crippen LogP contribution < -0.4 is 0 Å². The molecule has 1 aromatic carbocycles. The van der Waals surface area contributed by atoms with Crippen LogP contribution >= 0.6 is 11.8 Å². The minimum Gasteiger partial charge on any atom is -0.289 e.